The molecule has 1 saturated carbocycles. The van der Waals surface area contributed by atoms with E-state index in [0.29, 0.717) is 5.41 Å². The normalized spacial score (nSPS) is 20.3. The number of likely N-dealkylation sites (tertiary alicyclic amines) is 1. The molecule has 5 nitrogen and oxygen atoms in total. The number of aromatic nitrogens is 1. The van der Waals surface area contributed by atoms with Crippen molar-refractivity contribution in [2.75, 3.05) is 39.1 Å². The van der Waals surface area contributed by atoms with Crippen LogP contribution in [0, 0.1) is 5.41 Å². The molecule has 126 valence electrons. The van der Waals surface area contributed by atoms with Crippen molar-refractivity contribution in [3.63, 3.8) is 0 Å². The molecule has 2 fully saturated rings. The van der Waals surface area contributed by atoms with Gasteiger partial charge in [-0.2, -0.15) is 0 Å². The SMILES string of the molecule is CN=C(NCc1cccc(N(C)C)n1)N1CCC2(CCCC2)C1. The molecule has 1 aromatic heterocycles. The van der Waals surface area contributed by atoms with E-state index >= 15 is 0 Å². The van der Waals surface area contributed by atoms with E-state index in [1.54, 1.807) is 0 Å². The van der Waals surface area contributed by atoms with Gasteiger partial charge in [-0.25, -0.2) is 4.98 Å². The largest absolute Gasteiger partial charge is 0.363 e. The van der Waals surface area contributed by atoms with Gasteiger partial charge in [-0.3, -0.25) is 4.99 Å². The highest BCUT2D eigenvalue weighted by Crippen LogP contribution is 2.45. The fourth-order valence-electron chi connectivity index (χ4n) is 3.97. The lowest BCUT2D eigenvalue weighted by atomic mass is 9.86. The lowest BCUT2D eigenvalue weighted by molar-refractivity contribution is 0.309. The predicted molar refractivity (Wildman–Crippen MR) is 95.9 cm³/mol. The molecule has 0 amide bonds. The molecule has 0 bridgehead atoms. The molecule has 1 N–H and O–H groups in total. The van der Waals surface area contributed by atoms with Gasteiger partial charge in [-0.05, 0) is 36.8 Å². The van der Waals surface area contributed by atoms with Crippen LogP contribution in [-0.4, -0.2) is 50.1 Å². The van der Waals surface area contributed by atoms with Crippen LogP contribution in [0.3, 0.4) is 0 Å². The second-order valence-electron chi connectivity index (χ2n) is 7.16. The second-order valence-corrected chi connectivity index (χ2v) is 7.16. The first-order valence-electron chi connectivity index (χ1n) is 8.71. The number of nitrogens with zero attached hydrogens (tertiary/aromatic N) is 4. The molecule has 1 aliphatic carbocycles. The van der Waals surface area contributed by atoms with Crippen LogP contribution in [0.4, 0.5) is 5.82 Å². The summed E-state index contributed by atoms with van der Waals surface area (Å²) in [6.07, 6.45) is 6.92. The first kappa shape index (κ1) is 16.1. The maximum absolute atomic E-state index is 4.67. The van der Waals surface area contributed by atoms with Crippen LogP contribution in [0.1, 0.15) is 37.8 Å². The van der Waals surface area contributed by atoms with Crippen LogP contribution >= 0.6 is 0 Å². The molecule has 2 aliphatic rings. The van der Waals surface area contributed by atoms with E-state index in [4.69, 9.17) is 0 Å². The van der Waals surface area contributed by atoms with E-state index in [2.05, 4.69) is 32.3 Å². The molecule has 1 spiro atoms. The molecule has 23 heavy (non-hydrogen) atoms. The molecule has 1 aromatic rings. The Morgan fingerprint density at radius 1 is 1.30 bits per heavy atom. The van der Waals surface area contributed by atoms with Gasteiger partial charge in [0.25, 0.3) is 0 Å². The Labute approximate surface area is 139 Å². The summed E-state index contributed by atoms with van der Waals surface area (Å²) in [6.45, 7) is 3.01. The Bertz CT molecular complexity index is 560. The molecule has 0 atom stereocenters. The zero-order valence-corrected chi connectivity index (χ0v) is 14.7. The number of guanidine groups is 1. The topological polar surface area (TPSA) is 43.8 Å². The van der Waals surface area contributed by atoms with Gasteiger partial charge in [0.1, 0.15) is 5.82 Å². The van der Waals surface area contributed by atoms with E-state index in [9.17, 15) is 0 Å². The highest BCUT2D eigenvalue weighted by Gasteiger charge is 2.41. The summed E-state index contributed by atoms with van der Waals surface area (Å²) in [4.78, 5) is 13.6. The summed E-state index contributed by atoms with van der Waals surface area (Å²) >= 11 is 0. The molecular formula is C18H29N5. The Morgan fingerprint density at radius 2 is 2.09 bits per heavy atom. The highest BCUT2D eigenvalue weighted by molar-refractivity contribution is 5.80. The highest BCUT2D eigenvalue weighted by atomic mass is 15.3. The molecule has 1 aliphatic heterocycles. The van der Waals surface area contributed by atoms with Crippen LogP contribution in [0.25, 0.3) is 0 Å². The quantitative estimate of drug-likeness (QED) is 0.687. The van der Waals surface area contributed by atoms with E-state index in [0.717, 1.165) is 37.1 Å². The second kappa shape index (κ2) is 6.77. The zero-order valence-electron chi connectivity index (χ0n) is 14.7. The smallest absolute Gasteiger partial charge is 0.193 e. The van der Waals surface area contributed by atoms with Crippen molar-refractivity contribution in [1.82, 2.24) is 15.2 Å². The molecule has 1 saturated heterocycles. The molecule has 5 heteroatoms. The van der Waals surface area contributed by atoms with Gasteiger partial charge in [-0.1, -0.05) is 18.9 Å². The Hall–Kier alpha value is -1.78. The van der Waals surface area contributed by atoms with Crippen LogP contribution in [0.15, 0.2) is 23.2 Å². The van der Waals surface area contributed by atoms with Crippen molar-refractivity contribution in [1.29, 1.82) is 0 Å². The van der Waals surface area contributed by atoms with Gasteiger partial charge >= 0.3 is 0 Å². The first-order chi connectivity index (χ1) is 11.1. The van der Waals surface area contributed by atoms with Crippen LogP contribution < -0.4 is 10.2 Å². The van der Waals surface area contributed by atoms with Crippen molar-refractivity contribution >= 4 is 11.8 Å². The standard InChI is InChI=1S/C18H29N5/c1-19-17(23-12-11-18(14-23)9-4-5-10-18)20-13-15-7-6-8-16(21-15)22(2)3/h6-8H,4-5,9-14H2,1-3H3,(H,19,20). The fourth-order valence-corrected chi connectivity index (χ4v) is 3.97. The molecule has 2 heterocycles. The van der Waals surface area contributed by atoms with E-state index in [1.807, 2.05) is 32.1 Å². The number of hydrogen-bond donors (Lipinski definition) is 1. The van der Waals surface area contributed by atoms with Gasteiger partial charge < -0.3 is 15.1 Å². The molecular weight excluding hydrogens is 286 g/mol. The third-order valence-electron chi connectivity index (χ3n) is 5.29. The van der Waals surface area contributed by atoms with E-state index in [-0.39, 0.29) is 0 Å². The van der Waals surface area contributed by atoms with Gasteiger partial charge in [0.2, 0.25) is 0 Å². The number of rotatable bonds is 3. The Kier molecular flexibility index (Phi) is 4.74. The van der Waals surface area contributed by atoms with Gasteiger partial charge in [-0.15, -0.1) is 0 Å². The number of nitrogens with one attached hydrogen (secondary N) is 1. The van der Waals surface area contributed by atoms with Gasteiger partial charge in [0.15, 0.2) is 5.96 Å². The molecule has 0 aromatic carbocycles. The minimum absolute atomic E-state index is 0.570. The Balaban J connectivity index is 1.59. The zero-order chi connectivity index (χ0) is 16.3. The van der Waals surface area contributed by atoms with Crippen molar-refractivity contribution in [2.45, 2.75) is 38.6 Å². The molecule has 0 radical (unpaired) electrons. The molecule has 0 unspecified atom stereocenters. The number of anilines is 1. The summed E-state index contributed by atoms with van der Waals surface area (Å²) in [5, 5.41) is 3.50. The summed E-state index contributed by atoms with van der Waals surface area (Å²) in [6, 6.07) is 6.16. The third-order valence-corrected chi connectivity index (χ3v) is 5.29. The summed E-state index contributed by atoms with van der Waals surface area (Å²) in [5.74, 6) is 2.01. The monoisotopic (exact) mass is 315 g/mol. The lowest BCUT2D eigenvalue weighted by Crippen LogP contribution is -2.40. The van der Waals surface area contributed by atoms with E-state index in [1.165, 1.54) is 32.1 Å². The maximum atomic E-state index is 4.67. The lowest BCUT2D eigenvalue weighted by Gasteiger charge is -2.26. The number of aliphatic imine (C=N–C) groups is 1. The number of pyridine rings is 1. The number of hydrogen-bond acceptors (Lipinski definition) is 3. The van der Waals surface area contributed by atoms with Crippen LogP contribution in [-0.2, 0) is 6.54 Å². The average molecular weight is 315 g/mol. The van der Waals surface area contributed by atoms with Crippen molar-refractivity contribution in [3.05, 3.63) is 23.9 Å². The van der Waals surface area contributed by atoms with Crippen molar-refractivity contribution < 1.29 is 0 Å². The van der Waals surface area contributed by atoms with Crippen LogP contribution in [0.2, 0.25) is 0 Å². The van der Waals surface area contributed by atoms with Crippen molar-refractivity contribution in [3.8, 4) is 0 Å². The van der Waals surface area contributed by atoms with Gasteiger partial charge in [0.05, 0.1) is 12.2 Å². The minimum Gasteiger partial charge on any atom is -0.363 e. The maximum Gasteiger partial charge on any atom is 0.193 e. The minimum atomic E-state index is 0.570. The average Bonchev–Trinajstić information content (AvgIpc) is 3.19. The predicted octanol–water partition coefficient (Wildman–Crippen LogP) is 2.49. The third kappa shape index (κ3) is 3.59. The summed E-state index contributed by atoms with van der Waals surface area (Å²) < 4.78 is 0. The van der Waals surface area contributed by atoms with Crippen molar-refractivity contribution in [2.24, 2.45) is 10.4 Å². The fraction of sp³-hybridized carbons (Fsp3) is 0.667. The first-order valence-corrected chi connectivity index (χ1v) is 8.71. The van der Waals surface area contributed by atoms with Crippen LogP contribution in [0.5, 0.6) is 0 Å². The van der Waals surface area contributed by atoms with E-state index < -0.39 is 0 Å². The molecule has 3 rings (SSSR count). The summed E-state index contributed by atoms with van der Waals surface area (Å²) in [7, 11) is 5.92. The van der Waals surface area contributed by atoms with Gasteiger partial charge in [0, 0.05) is 34.2 Å². The Morgan fingerprint density at radius 3 is 2.78 bits per heavy atom. The summed E-state index contributed by atoms with van der Waals surface area (Å²) in [5.41, 5.74) is 1.62.